The Hall–Kier alpha value is -1.53. The molecule has 0 radical (unpaired) electrons. The summed E-state index contributed by atoms with van der Waals surface area (Å²) in [6, 6.07) is 5.92. The summed E-state index contributed by atoms with van der Waals surface area (Å²) in [6.45, 7) is 3.99. The lowest BCUT2D eigenvalue weighted by molar-refractivity contribution is -0.119. The number of amides is 1. The summed E-state index contributed by atoms with van der Waals surface area (Å²) < 4.78 is 12.4. The normalized spacial score (nSPS) is 12.1. The van der Waals surface area contributed by atoms with Crippen LogP contribution in [0.2, 0.25) is 0 Å². The van der Waals surface area contributed by atoms with Crippen LogP contribution in [0.3, 0.4) is 0 Å². The van der Waals surface area contributed by atoms with E-state index in [0.29, 0.717) is 5.75 Å². The quantitative estimate of drug-likeness (QED) is 0.919. The Labute approximate surface area is 131 Å². The average molecular weight is 322 g/mol. The van der Waals surface area contributed by atoms with Gasteiger partial charge in [0.2, 0.25) is 5.91 Å². The van der Waals surface area contributed by atoms with E-state index in [1.807, 2.05) is 37.4 Å². The molecule has 1 atom stereocenters. The average Bonchev–Trinajstić information content (AvgIpc) is 2.85. The van der Waals surface area contributed by atoms with Crippen molar-refractivity contribution in [1.29, 1.82) is 0 Å². The van der Waals surface area contributed by atoms with Gasteiger partial charge >= 0.3 is 0 Å². The van der Waals surface area contributed by atoms with E-state index in [-0.39, 0.29) is 12.3 Å². The maximum atomic E-state index is 12.4. The van der Waals surface area contributed by atoms with Crippen molar-refractivity contribution in [2.45, 2.75) is 30.9 Å². The van der Waals surface area contributed by atoms with Gasteiger partial charge in [-0.1, -0.05) is 17.7 Å². The lowest BCUT2D eigenvalue weighted by atomic mass is 10.2. The number of hydrogen-bond donors (Lipinski definition) is 1. The van der Waals surface area contributed by atoms with Gasteiger partial charge in [0, 0.05) is 17.3 Å². The highest BCUT2D eigenvalue weighted by molar-refractivity contribution is 7.84. The van der Waals surface area contributed by atoms with Crippen LogP contribution in [-0.4, -0.2) is 22.1 Å². The van der Waals surface area contributed by atoms with Crippen LogP contribution in [0.5, 0.6) is 0 Å². The maximum absolute atomic E-state index is 12.4. The number of carbonyl (C=O) groups excluding carboxylic acids is 1. The summed E-state index contributed by atoms with van der Waals surface area (Å²) >= 11 is 1.43. The molecule has 1 N–H and O–H groups in total. The number of likely N-dealkylation sites (N-methyl/N-ethyl adjacent to an activating group) is 1. The van der Waals surface area contributed by atoms with Crippen LogP contribution in [0.4, 0.5) is 0 Å². The van der Waals surface area contributed by atoms with E-state index in [2.05, 4.69) is 10.3 Å². The highest BCUT2D eigenvalue weighted by Gasteiger charge is 2.12. The second-order valence-corrected chi connectivity index (χ2v) is 7.20. The molecule has 1 aromatic heterocycles. The molecule has 0 aliphatic rings. The molecule has 4 nitrogen and oxygen atoms in total. The SMILES string of the molecule is CNC(=O)Cc1nc(C[S@](=O)c2ccc(C)cc2C)cs1. The summed E-state index contributed by atoms with van der Waals surface area (Å²) in [5.74, 6) is 0.320. The minimum absolute atomic E-state index is 0.0635. The number of aryl methyl sites for hydroxylation is 2. The second kappa shape index (κ2) is 6.95. The maximum Gasteiger partial charge on any atom is 0.226 e. The van der Waals surface area contributed by atoms with Crippen LogP contribution in [0.15, 0.2) is 28.5 Å². The monoisotopic (exact) mass is 322 g/mol. The predicted molar refractivity (Wildman–Crippen MR) is 85.9 cm³/mol. The van der Waals surface area contributed by atoms with Crippen LogP contribution >= 0.6 is 11.3 Å². The Morgan fingerprint density at radius 3 is 2.81 bits per heavy atom. The molecule has 0 aliphatic carbocycles. The van der Waals surface area contributed by atoms with Crippen LogP contribution < -0.4 is 5.32 Å². The molecule has 0 spiro atoms. The summed E-state index contributed by atoms with van der Waals surface area (Å²) in [5, 5.41) is 5.20. The van der Waals surface area contributed by atoms with Gasteiger partial charge in [0.25, 0.3) is 0 Å². The van der Waals surface area contributed by atoms with E-state index in [4.69, 9.17) is 0 Å². The van der Waals surface area contributed by atoms with Gasteiger partial charge in [-0.15, -0.1) is 11.3 Å². The zero-order valence-electron chi connectivity index (χ0n) is 12.3. The van der Waals surface area contributed by atoms with Crippen LogP contribution in [0.1, 0.15) is 21.8 Å². The van der Waals surface area contributed by atoms with Crippen molar-refractivity contribution in [3.8, 4) is 0 Å². The fraction of sp³-hybridized carbons (Fsp3) is 0.333. The Morgan fingerprint density at radius 2 is 2.14 bits per heavy atom. The summed E-state index contributed by atoms with van der Waals surface area (Å²) in [4.78, 5) is 16.5. The van der Waals surface area contributed by atoms with Crippen molar-refractivity contribution in [3.05, 3.63) is 45.4 Å². The van der Waals surface area contributed by atoms with E-state index in [1.54, 1.807) is 7.05 Å². The minimum atomic E-state index is -1.11. The van der Waals surface area contributed by atoms with E-state index in [9.17, 15) is 9.00 Å². The number of thiazole rings is 1. The predicted octanol–water partition coefficient (Wildman–Crippen LogP) is 2.36. The molecule has 0 unspecified atom stereocenters. The van der Waals surface area contributed by atoms with Crippen molar-refractivity contribution >= 4 is 28.0 Å². The fourth-order valence-corrected chi connectivity index (χ4v) is 4.10. The van der Waals surface area contributed by atoms with Gasteiger partial charge in [-0.2, -0.15) is 0 Å². The van der Waals surface area contributed by atoms with Gasteiger partial charge < -0.3 is 5.32 Å². The standard InChI is InChI=1S/C15H18N2O2S2/c1-10-4-5-13(11(2)6-10)21(19)9-12-8-20-15(17-12)7-14(18)16-3/h4-6,8H,7,9H2,1-3H3,(H,16,18)/t21-/m0/s1. The van der Waals surface area contributed by atoms with Gasteiger partial charge in [-0.05, 0) is 25.5 Å². The Morgan fingerprint density at radius 1 is 1.38 bits per heavy atom. The zero-order chi connectivity index (χ0) is 15.4. The molecule has 1 heterocycles. The molecule has 1 aromatic carbocycles. The summed E-state index contributed by atoms with van der Waals surface area (Å²) in [6.07, 6.45) is 0.275. The van der Waals surface area contributed by atoms with Crippen molar-refractivity contribution in [3.63, 3.8) is 0 Å². The first kappa shape index (κ1) is 15.9. The smallest absolute Gasteiger partial charge is 0.226 e. The number of nitrogens with zero attached hydrogens (tertiary/aromatic N) is 1. The lowest BCUT2D eigenvalue weighted by Gasteiger charge is -2.05. The molecular formula is C15H18N2O2S2. The van der Waals surface area contributed by atoms with E-state index in [1.165, 1.54) is 11.3 Å². The molecule has 1 amide bonds. The van der Waals surface area contributed by atoms with E-state index < -0.39 is 10.8 Å². The molecule has 0 fully saturated rings. The molecule has 6 heteroatoms. The zero-order valence-corrected chi connectivity index (χ0v) is 13.9. The first-order chi connectivity index (χ1) is 9.99. The van der Waals surface area contributed by atoms with Gasteiger partial charge in [-0.25, -0.2) is 4.98 Å². The third-order valence-electron chi connectivity index (χ3n) is 3.04. The molecular weight excluding hydrogens is 304 g/mol. The second-order valence-electron chi connectivity index (χ2n) is 4.84. The molecule has 2 aromatic rings. The third-order valence-corrected chi connectivity index (χ3v) is 5.45. The Kier molecular flexibility index (Phi) is 5.25. The first-order valence-electron chi connectivity index (χ1n) is 6.59. The molecule has 21 heavy (non-hydrogen) atoms. The van der Waals surface area contributed by atoms with Crippen molar-refractivity contribution in [2.24, 2.45) is 0 Å². The molecule has 112 valence electrons. The third kappa shape index (κ3) is 4.22. The van der Waals surface area contributed by atoms with Crippen LogP contribution in [-0.2, 0) is 27.8 Å². The summed E-state index contributed by atoms with van der Waals surface area (Å²) in [7, 11) is 0.491. The van der Waals surface area contributed by atoms with E-state index in [0.717, 1.165) is 26.7 Å². The molecule has 0 aliphatic heterocycles. The van der Waals surface area contributed by atoms with Gasteiger partial charge in [0.15, 0.2) is 0 Å². The van der Waals surface area contributed by atoms with Crippen molar-refractivity contribution in [2.75, 3.05) is 7.05 Å². The first-order valence-corrected chi connectivity index (χ1v) is 8.79. The molecule has 0 saturated carbocycles. The number of rotatable bonds is 5. The highest BCUT2D eigenvalue weighted by Crippen LogP contribution is 2.19. The number of nitrogens with one attached hydrogen (secondary N) is 1. The van der Waals surface area contributed by atoms with Crippen molar-refractivity contribution in [1.82, 2.24) is 10.3 Å². The number of hydrogen-bond acceptors (Lipinski definition) is 4. The van der Waals surface area contributed by atoms with Crippen LogP contribution in [0.25, 0.3) is 0 Å². The molecule has 2 rings (SSSR count). The number of benzene rings is 1. The Balaban J connectivity index is 2.07. The topological polar surface area (TPSA) is 59.1 Å². The number of aromatic nitrogens is 1. The number of carbonyl (C=O) groups is 1. The van der Waals surface area contributed by atoms with Crippen LogP contribution in [0, 0.1) is 13.8 Å². The van der Waals surface area contributed by atoms with Gasteiger partial charge in [0.1, 0.15) is 5.01 Å². The largest absolute Gasteiger partial charge is 0.359 e. The minimum Gasteiger partial charge on any atom is -0.359 e. The highest BCUT2D eigenvalue weighted by atomic mass is 32.2. The Bertz CT molecular complexity index is 680. The summed E-state index contributed by atoms with van der Waals surface area (Å²) in [5.41, 5.74) is 2.97. The molecule has 0 saturated heterocycles. The van der Waals surface area contributed by atoms with Gasteiger partial charge in [0.05, 0.1) is 28.7 Å². The van der Waals surface area contributed by atoms with Crippen molar-refractivity contribution < 1.29 is 9.00 Å². The molecule has 0 bridgehead atoms. The fourth-order valence-electron chi connectivity index (χ4n) is 1.99. The lowest BCUT2D eigenvalue weighted by Crippen LogP contribution is -2.19. The van der Waals surface area contributed by atoms with E-state index >= 15 is 0 Å². The van der Waals surface area contributed by atoms with Gasteiger partial charge in [-0.3, -0.25) is 9.00 Å².